The Morgan fingerprint density at radius 3 is 2.78 bits per heavy atom. The normalized spacial score (nSPS) is 15.9. The highest BCUT2D eigenvalue weighted by molar-refractivity contribution is 5.81. The van der Waals surface area contributed by atoms with Gasteiger partial charge < -0.3 is 9.73 Å². The van der Waals surface area contributed by atoms with Gasteiger partial charge in [0.05, 0.1) is 6.04 Å². The summed E-state index contributed by atoms with van der Waals surface area (Å²) in [5, 5.41) is 3.02. The van der Waals surface area contributed by atoms with E-state index < -0.39 is 0 Å². The van der Waals surface area contributed by atoms with E-state index in [1.807, 2.05) is 26.0 Å². The average Bonchev–Trinajstić information content (AvgIpc) is 2.99. The smallest absolute Gasteiger partial charge is 0.237 e. The number of carbonyl (C=O) groups is 1. The summed E-state index contributed by atoms with van der Waals surface area (Å²) in [5.74, 6) is 1.92. The molecule has 0 fully saturated rings. The van der Waals surface area contributed by atoms with E-state index >= 15 is 0 Å². The molecule has 0 bridgehead atoms. The first kappa shape index (κ1) is 15.8. The standard InChI is InChI=1S/C19H24N2O2/c1-14-7-8-18(23-14)9-11-20-19(22)15(2)21-12-10-16-5-3-4-6-17(16)13-21/h3-8,15H,9-13H2,1-2H3,(H,20,22). The third kappa shape index (κ3) is 3.82. The fourth-order valence-corrected chi connectivity index (χ4v) is 3.09. The zero-order chi connectivity index (χ0) is 16.2. The summed E-state index contributed by atoms with van der Waals surface area (Å²) < 4.78 is 5.52. The Balaban J connectivity index is 1.50. The van der Waals surface area contributed by atoms with Gasteiger partial charge in [-0.3, -0.25) is 9.69 Å². The van der Waals surface area contributed by atoms with Crippen molar-refractivity contribution >= 4 is 5.91 Å². The molecule has 1 amide bonds. The molecule has 0 radical (unpaired) electrons. The SMILES string of the molecule is Cc1ccc(CCNC(=O)C(C)N2CCc3ccccc3C2)o1. The van der Waals surface area contributed by atoms with Crippen molar-refractivity contribution in [2.45, 2.75) is 39.3 Å². The minimum atomic E-state index is -0.110. The number of nitrogens with zero attached hydrogens (tertiary/aromatic N) is 1. The predicted molar refractivity (Wildman–Crippen MR) is 90.2 cm³/mol. The fraction of sp³-hybridized carbons (Fsp3) is 0.421. The Bertz CT molecular complexity index is 678. The van der Waals surface area contributed by atoms with Gasteiger partial charge in [0.1, 0.15) is 11.5 Å². The van der Waals surface area contributed by atoms with E-state index in [9.17, 15) is 4.79 Å². The maximum absolute atomic E-state index is 12.4. The number of hydrogen-bond acceptors (Lipinski definition) is 3. The van der Waals surface area contributed by atoms with Crippen molar-refractivity contribution in [3.8, 4) is 0 Å². The molecule has 1 aromatic heterocycles. The molecule has 0 saturated carbocycles. The third-order valence-corrected chi connectivity index (χ3v) is 4.55. The summed E-state index contributed by atoms with van der Waals surface area (Å²) in [7, 11) is 0. The first-order chi connectivity index (χ1) is 11.1. The van der Waals surface area contributed by atoms with Crippen LogP contribution in [0.3, 0.4) is 0 Å². The third-order valence-electron chi connectivity index (χ3n) is 4.55. The number of rotatable bonds is 5. The van der Waals surface area contributed by atoms with Crippen molar-refractivity contribution in [1.82, 2.24) is 10.2 Å². The van der Waals surface area contributed by atoms with Crippen LogP contribution in [0, 0.1) is 6.92 Å². The van der Waals surface area contributed by atoms with Crippen LogP contribution in [0.1, 0.15) is 29.6 Å². The number of aryl methyl sites for hydroxylation is 1. The molecule has 0 spiro atoms. The molecule has 4 nitrogen and oxygen atoms in total. The summed E-state index contributed by atoms with van der Waals surface area (Å²) in [4.78, 5) is 14.6. The van der Waals surface area contributed by atoms with Gasteiger partial charge in [0.15, 0.2) is 0 Å². The van der Waals surface area contributed by atoms with Crippen LogP contribution >= 0.6 is 0 Å². The van der Waals surface area contributed by atoms with Gasteiger partial charge in [-0.1, -0.05) is 24.3 Å². The van der Waals surface area contributed by atoms with Gasteiger partial charge in [-0.2, -0.15) is 0 Å². The highest BCUT2D eigenvalue weighted by Gasteiger charge is 2.24. The molecule has 1 aromatic carbocycles. The topological polar surface area (TPSA) is 45.5 Å². The van der Waals surface area contributed by atoms with Crippen molar-refractivity contribution in [3.63, 3.8) is 0 Å². The lowest BCUT2D eigenvalue weighted by Gasteiger charge is -2.32. The summed E-state index contributed by atoms with van der Waals surface area (Å²) >= 11 is 0. The van der Waals surface area contributed by atoms with Gasteiger partial charge >= 0.3 is 0 Å². The van der Waals surface area contributed by atoms with Crippen molar-refractivity contribution in [1.29, 1.82) is 0 Å². The molecule has 1 aliphatic rings. The van der Waals surface area contributed by atoms with Crippen LogP contribution in [-0.4, -0.2) is 29.9 Å². The Labute approximate surface area is 137 Å². The molecule has 1 unspecified atom stereocenters. The molecular formula is C19H24N2O2. The molecule has 2 aromatic rings. The largest absolute Gasteiger partial charge is 0.466 e. The molecule has 0 saturated heterocycles. The lowest BCUT2D eigenvalue weighted by molar-refractivity contribution is -0.126. The Morgan fingerprint density at radius 2 is 2.04 bits per heavy atom. The van der Waals surface area contributed by atoms with Gasteiger partial charge in [0, 0.05) is 26.1 Å². The van der Waals surface area contributed by atoms with Gasteiger partial charge in [-0.05, 0) is 43.5 Å². The van der Waals surface area contributed by atoms with Gasteiger partial charge in [-0.25, -0.2) is 0 Å². The Hall–Kier alpha value is -2.07. The second-order valence-corrected chi connectivity index (χ2v) is 6.22. The van der Waals surface area contributed by atoms with Gasteiger partial charge in [-0.15, -0.1) is 0 Å². The van der Waals surface area contributed by atoms with Crippen molar-refractivity contribution < 1.29 is 9.21 Å². The highest BCUT2D eigenvalue weighted by atomic mass is 16.3. The van der Waals surface area contributed by atoms with E-state index in [1.165, 1.54) is 11.1 Å². The average molecular weight is 312 g/mol. The van der Waals surface area contributed by atoms with Crippen LogP contribution in [0.25, 0.3) is 0 Å². The van der Waals surface area contributed by atoms with E-state index in [4.69, 9.17) is 4.42 Å². The van der Waals surface area contributed by atoms with Gasteiger partial charge in [0.2, 0.25) is 5.91 Å². The van der Waals surface area contributed by atoms with Crippen molar-refractivity contribution in [2.75, 3.05) is 13.1 Å². The first-order valence-electron chi connectivity index (χ1n) is 8.27. The lowest BCUT2D eigenvalue weighted by atomic mass is 9.99. The van der Waals surface area contributed by atoms with E-state index in [0.29, 0.717) is 6.54 Å². The summed E-state index contributed by atoms with van der Waals surface area (Å²) in [6, 6.07) is 12.3. The summed E-state index contributed by atoms with van der Waals surface area (Å²) in [6.07, 6.45) is 1.74. The summed E-state index contributed by atoms with van der Waals surface area (Å²) in [6.45, 7) is 6.31. The van der Waals surface area contributed by atoms with Crippen molar-refractivity contribution in [2.24, 2.45) is 0 Å². The number of amides is 1. The highest BCUT2D eigenvalue weighted by Crippen LogP contribution is 2.20. The minimum absolute atomic E-state index is 0.0904. The van der Waals surface area contributed by atoms with E-state index in [1.54, 1.807) is 0 Å². The van der Waals surface area contributed by atoms with Crippen LogP contribution in [0.5, 0.6) is 0 Å². The molecule has 1 atom stereocenters. The number of fused-ring (bicyclic) bond motifs is 1. The number of furan rings is 1. The molecule has 0 aliphatic carbocycles. The predicted octanol–water partition coefficient (Wildman–Crippen LogP) is 2.69. The maximum atomic E-state index is 12.4. The zero-order valence-electron chi connectivity index (χ0n) is 13.8. The van der Waals surface area contributed by atoms with Gasteiger partial charge in [0.25, 0.3) is 0 Å². The second-order valence-electron chi connectivity index (χ2n) is 6.22. The Morgan fingerprint density at radius 1 is 1.26 bits per heavy atom. The Kier molecular flexibility index (Phi) is 4.82. The number of benzene rings is 1. The van der Waals surface area contributed by atoms with Crippen LogP contribution < -0.4 is 5.32 Å². The van der Waals surface area contributed by atoms with E-state index in [2.05, 4.69) is 34.5 Å². The lowest BCUT2D eigenvalue weighted by Crippen LogP contribution is -2.47. The quantitative estimate of drug-likeness (QED) is 0.923. The molecule has 3 rings (SSSR count). The van der Waals surface area contributed by atoms with Crippen LogP contribution in [0.15, 0.2) is 40.8 Å². The molecular weight excluding hydrogens is 288 g/mol. The zero-order valence-corrected chi connectivity index (χ0v) is 13.8. The van der Waals surface area contributed by atoms with Crippen molar-refractivity contribution in [3.05, 3.63) is 59.0 Å². The fourth-order valence-electron chi connectivity index (χ4n) is 3.09. The maximum Gasteiger partial charge on any atom is 0.237 e. The molecule has 1 N–H and O–H groups in total. The summed E-state index contributed by atoms with van der Waals surface area (Å²) in [5.41, 5.74) is 2.74. The minimum Gasteiger partial charge on any atom is -0.466 e. The molecule has 23 heavy (non-hydrogen) atoms. The van der Waals surface area contributed by atoms with E-state index in [0.717, 1.165) is 37.5 Å². The van der Waals surface area contributed by atoms with Crippen LogP contribution in [0.4, 0.5) is 0 Å². The molecule has 1 aliphatic heterocycles. The molecule has 122 valence electrons. The number of hydrogen-bond donors (Lipinski definition) is 1. The second kappa shape index (κ2) is 7.01. The first-order valence-corrected chi connectivity index (χ1v) is 8.27. The number of nitrogens with one attached hydrogen (secondary N) is 1. The number of carbonyl (C=O) groups excluding carboxylic acids is 1. The molecule has 4 heteroatoms. The monoisotopic (exact) mass is 312 g/mol. The van der Waals surface area contributed by atoms with Crippen LogP contribution in [0.2, 0.25) is 0 Å². The van der Waals surface area contributed by atoms with Crippen LogP contribution in [-0.2, 0) is 24.2 Å². The van der Waals surface area contributed by atoms with E-state index in [-0.39, 0.29) is 11.9 Å². The molecule has 2 heterocycles.